The molecule has 2 heterocycles. The smallest absolute Gasteiger partial charge is 0.276 e. The fourth-order valence-corrected chi connectivity index (χ4v) is 2.80. The number of benzene rings is 1. The Morgan fingerprint density at radius 2 is 1.93 bits per heavy atom. The first-order chi connectivity index (χ1) is 14.0. The van der Waals surface area contributed by atoms with Crippen LogP contribution in [-0.4, -0.2) is 37.9 Å². The average Bonchev–Trinajstić information content (AvgIpc) is 3.32. The molecule has 29 heavy (non-hydrogen) atoms. The molecule has 0 spiro atoms. The second-order valence-electron chi connectivity index (χ2n) is 6.21. The molecule has 1 aromatic carbocycles. The average molecular weight is 461 g/mol. The Balaban J connectivity index is 1.63. The zero-order valence-electron chi connectivity index (χ0n) is 16.1. The predicted molar refractivity (Wildman–Crippen MR) is 111 cm³/mol. The van der Waals surface area contributed by atoms with Gasteiger partial charge in [0.1, 0.15) is 11.4 Å². The van der Waals surface area contributed by atoms with Crippen molar-refractivity contribution in [1.82, 2.24) is 24.9 Å². The Hall–Kier alpha value is -3.14. The molecule has 0 radical (unpaired) electrons. The van der Waals surface area contributed by atoms with Crippen molar-refractivity contribution < 1.29 is 14.3 Å². The van der Waals surface area contributed by atoms with E-state index in [-0.39, 0.29) is 24.0 Å². The minimum absolute atomic E-state index is 0.159. The molecule has 0 saturated carbocycles. The van der Waals surface area contributed by atoms with Crippen molar-refractivity contribution in [2.75, 3.05) is 11.9 Å². The van der Waals surface area contributed by atoms with E-state index < -0.39 is 5.91 Å². The number of nitrogens with zero attached hydrogens (tertiary/aromatic N) is 4. The Morgan fingerprint density at radius 3 is 2.66 bits per heavy atom. The fraction of sp³-hybridized carbons (Fsp3) is 0.263. The van der Waals surface area contributed by atoms with E-state index in [1.54, 1.807) is 19.3 Å². The number of carbonyl (C=O) groups is 2. The molecule has 3 aromatic rings. The Kier molecular flexibility index (Phi) is 6.65. The molecule has 0 aliphatic carbocycles. The maximum Gasteiger partial charge on any atom is 0.276 e. The van der Waals surface area contributed by atoms with Gasteiger partial charge in [-0.1, -0.05) is 22.9 Å². The molecule has 0 unspecified atom stereocenters. The molecule has 2 amide bonds. The highest BCUT2D eigenvalue weighted by molar-refractivity contribution is 9.10. The number of carbonyl (C=O) groups excluding carboxylic acids is 2. The summed E-state index contributed by atoms with van der Waals surface area (Å²) in [6, 6.07) is 8.98. The Bertz CT molecular complexity index is 996. The van der Waals surface area contributed by atoms with Crippen LogP contribution < -0.4 is 15.4 Å². The molecule has 0 fully saturated rings. The van der Waals surface area contributed by atoms with Crippen LogP contribution in [0.2, 0.25) is 0 Å². The zero-order chi connectivity index (χ0) is 20.8. The molecular formula is C19H21BrN6O3. The monoisotopic (exact) mass is 460 g/mol. The first kappa shape index (κ1) is 20.6. The summed E-state index contributed by atoms with van der Waals surface area (Å²) in [4.78, 5) is 24.8. The maximum atomic E-state index is 12.5. The van der Waals surface area contributed by atoms with Crippen molar-refractivity contribution in [2.45, 2.75) is 20.1 Å². The van der Waals surface area contributed by atoms with E-state index >= 15 is 0 Å². The summed E-state index contributed by atoms with van der Waals surface area (Å²) in [6.07, 6.45) is 3.89. The first-order valence-corrected chi connectivity index (χ1v) is 9.80. The van der Waals surface area contributed by atoms with Gasteiger partial charge < -0.3 is 15.4 Å². The van der Waals surface area contributed by atoms with Gasteiger partial charge in [0.15, 0.2) is 12.4 Å². The van der Waals surface area contributed by atoms with E-state index in [1.165, 1.54) is 15.6 Å². The number of hydrogen-bond acceptors (Lipinski definition) is 5. The van der Waals surface area contributed by atoms with Gasteiger partial charge in [0, 0.05) is 24.3 Å². The van der Waals surface area contributed by atoms with Crippen LogP contribution >= 0.6 is 15.9 Å². The van der Waals surface area contributed by atoms with Gasteiger partial charge >= 0.3 is 0 Å². The number of nitrogens with one attached hydrogen (secondary N) is 2. The van der Waals surface area contributed by atoms with Crippen LogP contribution in [0, 0.1) is 0 Å². The topological polar surface area (TPSA) is 103 Å². The van der Waals surface area contributed by atoms with Crippen LogP contribution in [0.25, 0.3) is 0 Å². The molecule has 10 heteroatoms. The summed E-state index contributed by atoms with van der Waals surface area (Å²) in [5.74, 6) is -0.0479. The minimum Gasteiger partial charge on any atom is -0.471 e. The van der Waals surface area contributed by atoms with Crippen LogP contribution in [0.5, 0.6) is 5.75 Å². The standard InChI is InChI=1S/C19H21BrN6O3/c1-3-9-21-19(28)17-16(11-22-25(17)2)23-18(27)15-8-10-26(24-15)12-29-14-6-4-13(20)5-7-14/h4-8,10-11H,3,9,12H2,1-2H3,(H,21,28)(H,23,27). The van der Waals surface area contributed by atoms with Gasteiger partial charge in [0.25, 0.3) is 11.8 Å². The van der Waals surface area contributed by atoms with Gasteiger partial charge in [-0.3, -0.25) is 14.3 Å². The van der Waals surface area contributed by atoms with Crippen molar-refractivity contribution in [1.29, 1.82) is 0 Å². The van der Waals surface area contributed by atoms with Gasteiger partial charge in [-0.25, -0.2) is 4.68 Å². The van der Waals surface area contributed by atoms with Crippen molar-refractivity contribution >= 4 is 33.4 Å². The molecule has 2 aromatic heterocycles. The number of halogens is 1. The Labute approximate surface area is 176 Å². The quantitative estimate of drug-likeness (QED) is 0.537. The molecular weight excluding hydrogens is 440 g/mol. The molecule has 0 saturated heterocycles. The van der Waals surface area contributed by atoms with E-state index in [2.05, 4.69) is 36.8 Å². The van der Waals surface area contributed by atoms with Crippen LogP contribution in [0.15, 0.2) is 47.2 Å². The third-order valence-corrected chi connectivity index (χ3v) is 4.52. The molecule has 3 rings (SSSR count). The van der Waals surface area contributed by atoms with Crippen molar-refractivity contribution in [3.8, 4) is 5.75 Å². The molecule has 152 valence electrons. The first-order valence-electron chi connectivity index (χ1n) is 9.01. The lowest BCUT2D eigenvalue weighted by Gasteiger charge is -2.08. The molecule has 0 aliphatic rings. The third kappa shape index (κ3) is 5.23. The van der Waals surface area contributed by atoms with Crippen molar-refractivity contribution in [3.05, 3.63) is 58.6 Å². The minimum atomic E-state index is -0.440. The number of hydrogen-bond donors (Lipinski definition) is 2. The van der Waals surface area contributed by atoms with E-state index in [1.807, 2.05) is 31.2 Å². The highest BCUT2D eigenvalue weighted by Gasteiger charge is 2.19. The van der Waals surface area contributed by atoms with Crippen molar-refractivity contribution in [3.63, 3.8) is 0 Å². The number of amides is 2. The molecule has 0 bridgehead atoms. The summed E-state index contributed by atoms with van der Waals surface area (Å²) in [5, 5.41) is 13.7. The Morgan fingerprint density at radius 1 is 1.17 bits per heavy atom. The lowest BCUT2D eigenvalue weighted by molar-refractivity contribution is 0.0945. The highest BCUT2D eigenvalue weighted by atomic mass is 79.9. The number of rotatable bonds is 8. The highest BCUT2D eigenvalue weighted by Crippen LogP contribution is 2.17. The third-order valence-electron chi connectivity index (χ3n) is 3.99. The lowest BCUT2D eigenvalue weighted by Crippen LogP contribution is -2.27. The van der Waals surface area contributed by atoms with E-state index in [0.29, 0.717) is 18.0 Å². The molecule has 9 nitrogen and oxygen atoms in total. The van der Waals surface area contributed by atoms with Gasteiger partial charge in [-0.05, 0) is 36.8 Å². The largest absolute Gasteiger partial charge is 0.471 e. The summed E-state index contributed by atoms with van der Waals surface area (Å²) < 4.78 is 9.52. The summed E-state index contributed by atoms with van der Waals surface area (Å²) in [5.41, 5.74) is 0.810. The van der Waals surface area contributed by atoms with Gasteiger partial charge in [0.2, 0.25) is 0 Å². The van der Waals surface area contributed by atoms with E-state index in [9.17, 15) is 9.59 Å². The summed E-state index contributed by atoms with van der Waals surface area (Å²) in [7, 11) is 1.64. The van der Waals surface area contributed by atoms with E-state index in [4.69, 9.17) is 4.74 Å². The van der Waals surface area contributed by atoms with Crippen molar-refractivity contribution in [2.24, 2.45) is 7.05 Å². The second-order valence-corrected chi connectivity index (χ2v) is 7.12. The normalized spacial score (nSPS) is 10.6. The fourth-order valence-electron chi connectivity index (χ4n) is 2.53. The summed E-state index contributed by atoms with van der Waals surface area (Å²) >= 11 is 3.37. The van der Waals surface area contributed by atoms with Crippen LogP contribution in [0.3, 0.4) is 0 Å². The molecule has 2 N–H and O–H groups in total. The number of aryl methyl sites for hydroxylation is 1. The van der Waals surface area contributed by atoms with Crippen LogP contribution in [0.1, 0.15) is 34.3 Å². The van der Waals surface area contributed by atoms with E-state index in [0.717, 1.165) is 10.9 Å². The molecule has 0 atom stereocenters. The SMILES string of the molecule is CCCNC(=O)c1c(NC(=O)c2ccn(COc3ccc(Br)cc3)n2)cnn1C. The maximum absolute atomic E-state index is 12.5. The summed E-state index contributed by atoms with van der Waals surface area (Å²) in [6.45, 7) is 2.66. The number of aromatic nitrogens is 4. The molecule has 0 aliphatic heterocycles. The lowest BCUT2D eigenvalue weighted by atomic mass is 10.3. The zero-order valence-corrected chi connectivity index (χ0v) is 17.6. The predicted octanol–water partition coefficient (Wildman–Crippen LogP) is 2.81. The van der Waals surface area contributed by atoms with Gasteiger partial charge in [-0.15, -0.1) is 0 Å². The van der Waals surface area contributed by atoms with Gasteiger partial charge in [0.05, 0.1) is 11.9 Å². The van der Waals surface area contributed by atoms with Crippen LogP contribution in [0.4, 0.5) is 5.69 Å². The van der Waals surface area contributed by atoms with Gasteiger partial charge in [-0.2, -0.15) is 10.2 Å². The number of anilines is 1. The number of ether oxygens (including phenoxy) is 1. The van der Waals surface area contributed by atoms with Crippen LogP contribution in [-0.2, 0) is 13.8 Å². The second kappa shape index (κ2) is 9.37.